The van der Waals surface area contributed by atoms with Crippen LogP contribution < -0.4 is 14.2 Å². The molecular weight excluding hydrogens is 492 g/mol. The second-order valence-electron chi connectivity index (χ2n) is 8.11. The fourth-order valence-corrected chi connectivity index (χ4v) is 3.27. The Balaban J connectivity index is 2.44. The number of benzene rings is 2. The lowest BCUT2D eigenvalue weighted by atomic mass is 9.97. The molecule has 0 amide bonds. The number of carbonyl (C=O) groups is 3. The molecule has 0 aliphatic carbocycles. The van der Waals surface area contributed by atoms with Crippen molar-refractivity contribution in [2.24, 2.45) is 0 Å². The van der Waals surface area contributed by atoms with Crippen LogP contribution in [-0.4, -0.2) is 59.1 Å². The van der Waals surface area contributed by atoms with Gasteiger partial charge in [0.2, 0.25) is 0 Å². The highest BCUT2D eigenvalue weighted by Crippen LogP contribution is 2.36. The predicted molar refractivity (Wildman–Crippen MR) is 141 cm³/mol. The lowest BCUT2D eigenvalue weighted by Gasteiger charge is -2.15. The maximum Gasteiger partial charge on any atom is 0.341 e. The second-order valence-corrected chi connectivity index (χ2v) is 8.11. The Morgan fingerprint density at radius 1 is 0.658 bits per heavy atom. The molecule has 2 rings (SSSR count). The summed E-state index contributed by atoms with van der Waals surface area (Å²) in [7, 11) is 4.31. The molecule has 9 nitrogen and oxygen atoms in total. The minimum Gasteiger partial charge on any atom is -0.423 e. The van der Waals surface area contributed by atoms with Crippen LogP contribution in [-0.2, 0) is 35.0 Å². The molecule has 0 N–H and O–H groups in total. The molecule has 0 saturated heterocycles. The summed E-state index contributed by atoms with van der Waals surface area (Å²) in [6.07, 6.45) is 0.604. The van der Waals surface area contributed by atoms with Crippen LogP contribution >= 0.6 is 0 Å². The van der Waals surface area contributed by atoms with Crippen molar-refractivity contribution in [3.8, 4) is 28.4 Å². The van der Waals surface area contributed by atoms with Crippen LogP contribution in [0.2, 0.25) is 0 Å². The van der Waals surface area contributed by atoms with Crippen molar-refractivity contribution in [3.05, 3.63) is 78.4 Å². The zero-order valence-corrected chi connectivity index (χ0v) is 22.1. The first-order valence-electron chi connectivity index (χ1n) is 11.6. The van der Waals surface area contributed by atoms with E-state index in [2.05, 4.69) is 19.7 Å². The number of carbonyl (C=O) groups excluding carboxylic acids is 3. The van der Waals surface area contributed by atoms with E-state index in [4.69, 9.17) is 28.4 Å². The van der Waals surface area contributed by atoms with E-state index in [1.54, 1.807) is 30.3 Å². The summed E-state index contributed by atoms with van der Waals surface area (Å²) in [6.45, 7) is 12.9. The highest BCUT2D eigenvalue weighted by atomic mass is 16.6. The van der Waals surface area contributed by atoms with Crippen molar-refractivity contribution in [1.29, 1.82) is 0 Å². The Hall–Kier alpha value is -4.05. The fourth-order valence-electron chi connectivity index (χ4n) is 3.27. The van der Waals surface area contributed by atoms with Crippen LogP contribution in [0, 0.1) is 0 Å². The van der Waals surface area contributed by atoms with Gasteiger partial charge < -0.3 is 28.4 Å². The standard InChI is InChI=1S/C29H32O9/c1-8-21-13-23(36-27(30)18(2)15-33-5)10-11-24(21)22-9-12-25(37-28(31)19(3)16-34-6)26(14-22)38-29(32)20(4)17-35-7/h9-14H,2-4,8,15-17H2,1,5-7H3. The third-order valence-electron chi connectivity index (χ3n) is 5.15. The van der Waals surface area contributed by atoms with Gasteiger partial charge in [-0.3, -0.25) is 0 Å². The van der Waals surface area contributed by atoms with Gasteiger partial charge in [0.1, 0.15) is 5.75 Å². The van der Waals surface area contributed by atoms with Gasteiger partial charge in [0.25, 0.3) is 0 Å². The Bertz CT molecular complexity index is 1230. The molecule has 0 unspecified atom stereocenters. The van der Waals surface area contributed by atoms with Crippen molar-refractivity contribution < 1.29 is 42.8 Å². The molecule has 2 aromatic rings. The van der Waals surface area contributed by atoms with Crippen molar-refractivity contribution in [2.45, 2.75) is 13.3 Å². The molecule has 0 saturated carbocycles. The first-order valence-corrected chi connectivity index (χ1v) is 11.6. The maximum atomic E-state index is 12.6. The topological polar surface area (TPSA) is 107 Å². The van der Waals surface area contributed by atoms with E-state index < -0.39 is 17.9 Å². The van der Waals surface area contributed by atoms with Crippen LogP contribution in [0.15, 0.2) is 72.9 Å². The van der Waals surface area contributed by atoms with Crippen LogP contribution in [0.3, 0.4) is 0 Å². The van der Waals surface area contributed by atoms with E-state index in [1.165, 1.54) is 27.4 Å². The molecule has 0 aliphatic heterocycles. The number of hydrogen-bond acceptors (Lipinski definition) is 9. The third kappa shape index (κ3) is 8.24. The summed E-state index contributed by atoms with van der Waals surface area (Å²) in [5.74, 6) is -1.72. The highest BCUT2D eigenvalue weighted by Gasteiger charge is 2.20. The maximum absolute atomic E-state index is 12.6. The molecule has 0 aliphatic rings. The van der Waals surface area contributed by atoms with Crippen molar-refractivity contribution in [1.82, 2.24) is 0 Å². The first-order chi connectivity index (χ1) is 18.1. The molecule has 0 atom stereocenters. The van der Waals surface area contributed by atoms with Gasteiger partial charge in [-0.15, -0.1) is 0 Å². The number of aryl methyl sites for hydroxylation is 1. The predicted octanol–water partition coefficient (Wildman–Crippen LogP) is 4.24. The lowest BCUT2D eigenvalue weighted by Crippen LogP contribution is -2.17. The molecule has 202 valence electrons. The van der Waals surface area contributed by atoms with Gasteiger partial charge >= 0.3 is 17.9 Å². The van der Waals surface area contributed by atoms with Crippen LogP contribution in [0.25, 0.3) is 11.1 Å². The van der Waals surface area contributed by atoms with Gasteiger partial charge in [-0.1, -0.05) is 38.8 Å². The van der Waals surface area contributed by atoms with E-state index in [0.29, 0.717) is 17.7 Å². The van der Waals surface area contributed by atoms with Gasteiger partial charge in [0.15, 0.2) is 11.5 Å². The molecule has 38 heavy (non-hydrogen) atoms. The first kappa shape index (κ1) is 30.2. The monoisotopic (exact) mass is 524 g/mol. The summed E-state index contributed by atoms with van der Waals surface area (Å²) >= 11 is 0. The number of hydrogen-bond donors (Lipinski definition) is 0. The highest BCUT2D eigenvalue weighted by molar-refractivity contribution is 5.92. The molecule has 0 fully saturated rings. The zero-order chi connectivity index (χ0) is 28.2. The number of methoxy groups -OCH3 is 3. The summed E-state index contributed by atoms with van der Waals surface area (Å²) in [6, 6.07) is 9.95. The molecular formula is C29H32O9. The summed E-state index contributed by atoms with van der Waals surface area (Å²) in [5, 5.41) is 0. The van der Waals surface area contributed by atoms with Gasteiger partial charge in [0, 0.05) is 21.3 Å². The molecule has 0 heterocycles. The quantitative estimate of drug-likeness (QED) is 0.204. The summed E-state index contributed by atoms with van der Waals surface area (Å²) in [5.41, 5.74) is 2.66. The van der Waals surface area contributed by atoms with Gasteiger partial charge in [-0.2, -0.15) is 0 Å². The normalized spacial score (nSPS) is 10.4. The second kappa shape index (κ2) is 14.6. The molecule has 0 radical (unpaired) electrons. The fraction of sp³-hybridized carbons (Fsp3) is 0.276. The van der Waals surface area contributed by atoms with Crippen LogP contribution in [0.4, 0.5) is 0 Å². The van der Waals surface area contributed by atoms with E-state index in [9.17, 15) is 14.4 Å². The number of esters is 3. The number of rotatable bonds is 14. The van der Waals surface area contributed by atoms with Crippen LogP contribution in [0.1, 0.15) is 12.5 Å². The smallest absolute Gasteiger partial charge is 0.341 e. The van der Waals surface area contributed by atoms with E-state index in [0.717, 1.165) is 11.1 Å². The minimum absolute atomic E-state index is 0.00302. The van der Waals surface area contributed by atoms with Gasteiger partial charge in [-0.05, 0) is 47.4 Å². The minimum atomic E-state index is -0.744. The zero-order valence-electron chi connectivity index (χ0n) is 22.1. The van der Waals surface area contributed by atoms with Crippen molar-refractivity contribution in [3.63, 3.8) is 0 Å². The van der Waals surface area contributed by atoms with Crippen molar-refractivity contribution >= 4 is 17.9 Å². The summed E-state index contributed by atoms with van der Waals surface area (Å²) in [4.78, 5) is 37.2. The average molecular weight is 525 g/mol. The Morgan fingerprint density at radius 3 is 1.66 bits per heavy atom. The molecule has 0 aromatic heterocycles. The largest absolute Gasteiger partial charge is 0.423 e. The third-order valence-corrected chi connectivity index (χ3v) is 5.15. The van der Waals surface area contributed by atoms with E-state index in [-0.39, 0.29) is 48.0 Å². The SMILES string of the molecule is C=C(COC)C(=O)Oc1ccc(-c2ccc(OC(=O)C(=C)COC)c(OC(=O)C(=C)COC)c2)c(CC)c1. The van der Waals surface area contributed by atoms with Gasteiger partial charge in [-0.25, -0.2) is 14.4 Å². The van der Waals surface area contributed by atoms with E-state index >= 15 is 0 Å². The Kier molecular flexibility index (Phi) is 11.6. The van der Waals surface area contributed by atoms with Crippen LogP contribution in [0.5, 0.6) is 17.2 Å². The number of ether oxygens (including phenoxy) is 6. The molecule has 2 aromatic carbocycles. The molecule has 0 bridgehead atoms. The lowest BCUT2D eigenvalue weighted by molar-refractivity contribution is -0.133. The molecule has 0 spiro atoms. The Labute approximate surface area is 222 Å². The Morgan fingerprint density at radius 2 is 1.16 bits per heavy atom. The molecule has 9 heteroatoms. The summed E-state index contributed by atoms with van der Waals surface area (Å²) < 4.78 is 31.1. The van der Waals surface area contributed by atoms with Crippen molar-refractivity contribution in [2.75, 3.05) is 41.2 Å². The van der Waals surface area contributed by atoms with Gasteiger partial charge in [0.05, 0.1) is 36.5 Å². The average Bonchev–Trinajstić information content (AvgIpc) is 2.89. The van der Waals surface area contributed by atoms with E-state index in [1.807, 2.05) is 6.92 Å².